The minimum Gasteiger partial charge on any atom is -0.465 e. The van der Waals surface area contributed by atoms with Gasteiger partial charge < -0.3 is 24.4 Å². The first-order valence-electron chi connectivity index (χ1n) is 15.0. The van der Waals surface area contributed by atoms with E-state index < -0.39 is 41.1 Å². The number of ether oxygens (including phenoxy) is 2. The first-order valence-corrected chi connectivity index (χ1v) is 15.0. The van der Waals surface area contributed by atoms with Crippen molar-refractivity contribution in [3.8, 4) is 0 Å². The Kier molecular flexibility index (Phi) is 9.75. The van der Waals surface area contributed by atoms with Gasteiger partial charge in [-0.25, -0.2) is 0 Å². The van der Waals surface area contributed by atoms with Crippen molar-refractivity contribution in [2.75, 3.05) is 26.3 Å². The monoisotopic (exact) mass is 566 g/mol. The zero-order chi connectivity index (χ0) is 29.8. The SMILES string of the molecule is C=CCCOC(=O)[C@@H]1[C@H]2C(=O)N([C@@H](CO)Cc3ccccc3)C(C(=O)N(CC=C)CCCCC)C23CC(C)[C@@]1(C)O3. The molecule has 0 radical (unpaired) electrons. The molecule has 3 unspecified atom stereocenters. The molecular formula is C33H46N2O6. The Balaban J connectivity index is 1.79. The maximum absolute atomic E-state index is 14.6. The fourth-order valence-corrected chi connectivity index (χ4v) is 7.35. The van der Waals surface area contributed by atoms with Crippen LogP contribution in [0.15, 0.2) is 55.6 Å². The van der Waals surface area contributed by atoms with Crippen LogP contribution in [0.4, 0.5) is 0 Å². The third-order valence-corrected chi connectivity index (χ3v) is 9.42. The molecule has 2 bridgehead atoms. The van der Waals surface area contributed by atoms with E-state index in [2.05, 4.69) is 20.1 Å². The van der Waals surface area contributed by atoms with Crippen LogP contribution in [0.2, 0.25) is 0 Å². The lowest BCUT2D eigenvalue weighted by molar-refractivity contribution is -0.163. The highest BCUT2D eigenvalue weighted by Crippen LogP contribution is 2.65. The first kappa shape index (κ1) is 31.0. The van der Waals surface area contributed by atoms with Gasteiger partial charge in [-0.05, 0) is 44.1 Å². The topological polar surface area (TPSA) is 96.4 Å². The summed E-state index contributed by atoms with van der Waals surface area (Å²) in [6, 6.07) is 7.98. The predicted molar refractivity (Wildman–Crippen MR) is 157 cm³/mol. The van der Waals surface area contributed by atoms with E-state index in [1.807, 2.05) is 44.2 Å². The lowest BCUT2D eigenvalue weighted by Gasteiger charge is -2.39. The summed E-state index contributed by atoms with van der Waals surface area (Å²) in [7, 11) is 0. The molecule has 0 aromatic heterocycles. The Morgan fingerprint density at radius 1 is 1.24 bits per heavy atom. The lowest BCUT2D eigenvalue weighted by Crippen LogP contribution is -2.59. The molecule has 0 aliphatic carbocycles. The van der Waals surface area contributed by atoms with Crippen molar-refractivity contribution >= 4 is 17.8 Å². The molecule has 3 saturated heterocycles. The number of aliphatic hydroxyl groups is 1. The van der Waals surface area contributed by atoms with Crippen molar-refractivity contribution in [1.29, 1.82) is 0 Å². The van der Waals surface area contributed by atoms with E-state index in [0.29, 0.717) is 32.4 Å². The second kappa shape index (κ2) is 12.9. The highest BCUT2D eigenvalue weighted by atomic mass is 16.6. The molecule has 2 amide bonds. The van der Waals surface area contributed by atoms with Gasteiger partial charge in [0, 0.05) is 13.1 Å². The van der Waals surface area contributed by atoms with Gasteiger partial charge in [-0.3, -0.25) is 14.4 Å². The minimum absolute atomic E-state index is 0.0894. The van der Waals surface area contributed by atoms with E-state index in [1.54, 1.807) is 22.0 Å². The van der Waals surface area contributed by atoms with Gasteiger partial charge in [-0.15, -0.1) is 13.2 Å². The number of amides is 2. The van der Waals surface area contributed by atoms with E-state index in [9.17, 15) is 19.5 Å². The molecular weight excluding hydrogens is 520 g/mol. The van der Waals surface area contributed by atoms with Crippen molar-refractivity contribution in [2.24, 2.45) is 17.8 Å². The van der Waals surface area contributed by atoms with Crippen LogP contribution in [-0.4, -0.2) is 82.3 Å². The number of hydrogen-bond acceptors (Lipinski definition) is 6. The maximum Gasteiger partial charge on any atom is 0.312 e. The third-order valence-electron chi connectivity index (χ3n) is 9.42. The van der Waals surface area contributed by atoms with Gasteiger partial charge in [-0.2, -0.15) is 0 Å². The molecule has 1 spiro atoms. The number of carbonyl (C=O) groups is 3. The van der Waals surface area contributed by atoms with E-state index in [0.717, 1.165) is 24.8 Å². The second-order valence-electron chi connectivity index (χ2n) is 12.0. The van der Waals surface area contributed by atoms with Crippen LogP contribution < -0.4 is 0 Å². The molecule has 8 heteroatoms. The first-order chi connectivity index (χ1) is 19.7. The van der Waals surface area contributed by atoms with Crippen molar-refractivity contribution in [1.82, 2.24) is 9.80 Å². The summed E-state index contributed by atoms with van der Waals surface area (Å²) in [5, 5.41) is 10.7. The Morgan fingerprint density at radius 3 is 2.61 bits per heavy atom. The fourth-order valence-electron chi connectivity index (χ4n) is 7.35. The van der Waals surface area contributed by atoms with Crippen LogP contribution in [0.25, 0.3) is 0 Å². The smallest absolute Gasteiger partial charge is 0.312 e. The van der Waals surface area contributed by atoms with Gasteiger partial charge >= 0.3 is 5.97 Å². The van der Waals surface area contributed by atoms with Gasteiger partial charge in [0.15, 0.2) is 0 Å². The summed E-state index contributed by atoms with van der Waals surface area (Å²) >= 11 is 0. The number of rotatable bonds is 15. The molecule has 1 aromatic carbocycles. The quantitative estimate of drug-likeness (QED) is 0.196. The van der Waals surface area contributed by atoms with Crippen molar-refractivity contribution < 1.29 is 29.0 Å². The number of benzene rings is 1. The lowest BCUT2D eigenvalue weighted by atomic mass is 9.62. The molecule has 4 rings (SSSR count). The number of esters is 1. The van der Waals surface area contributed by atoms with Crippen LogP contribution in [0, 0.1) is 17.8 Å². The number of likely N-dealkylation sites (tertiary alicyclic amines) is 1. The molecule has 224 valence electrons. The largest absolute Gasteiger partial charge is 0.465 e. The summed E-state index contributed by atoms with van der Waals surface area (Å²) < 4.78 is 12.5. The van der Waals surface area contributed by atoms with Gasteiger partial charge in [0.2, 0.25) is 11.8 Å². The van der Waals surface area contributed by atoms with Crippen LogP contribution >= 0.6 is 0 Å². The summed E-state index contributed by atoms with van der Waals surface area (Å²) in [6.45, 7) is 14.3. The molecule has 3 aliphatic heterocycles. The van der Waals surface area contributed by atoms with Gasteiger partial charge in [-0.1, -0.05) is 69.2 Å². The maximum atomic E-state index is 14.6. The third kappa shape index (κ3) is 5.48. The van der Waals surface area contributed by atoms with E-state index in [4.69, 9.17) is 9.47 Å². The molecule has 0 saturated carbocycles. The second-order valence-corrected chi connectivity index (χ2v) is 12.0. The number of aliphatic hydroxyl groups excluding tert-OH is 1. The van der Waals surface area contributed by atoms with Crippen LogP contribution in [0.5, 0.6) is 0 Å². The summed E-state index contributed by atoms with van der Waals surface area (Å²) in [5.74, 6) is -2.85. The van der Waals surface area contributed by atoms with Crippen molar-refractivity contribution in [3.05, 3.63) is 61.2 Å². The fraction of sp³-hybridized carbons (Fsp3) is 0.606. The van der Waals surface area contributed by atoms with Crippen molar-refractivity contribution in [3.63, 3.8) is 0 Å². The summed E-state index contributed by atoms with van der Waals surface area (Å²) in [6.07, 6.45) is 7.51. The van der Waals surface area contributed by atoms with Crippen molar-refractivity contribution in [2.45, 2.75) is 82.6 Å². The van der Waals surface area contributed by atoms with Gasteiger partial charge in [0.1, 0.15) is 17.6 Å². The summed E-state index contributed by atoms with van der Waals surface area (Å²) in [4.78, 5) is 46.0. The molecule has 3 fully saturated rings. The van der Waals surface area contributed by atoms with E-state index in [1.165, 1.54) is 0 Å². The van der Waals surface area contributed by atoms with Crippen LogP contribution in [0.3, 0.4) is 0 Å². The molecule has 8 nitrogen and oxygen atoms in total. The number of fused-ring (bicyclic) bond motifs is 1. The minimum atomic E-state index is -1.20. The molecule has 7 atom stereocenters. The summed E-state index contributed by atoms with van der Waals surface area (Å²) in [5.41, 5.74) is -1.20. The van der Waals surface area contributed by atoms with Gasteiger partial charge in [0.25, 0.3) is 0 Å². The Morgan fingerprint density at radius 2 is 1.98 bits per heavy atom. The standard InChI is InChI=1S/C33H46N2O6/c1-6-9-14-18-34(17-8-3)30(38)28-33-21-23(4)32(5,41-33)27(31(39)40-19-10-7-2)26(33)29(37)35(28)25(22-36)20-24-15-12-11-13-16-24/h7-8,11-13,15-16,23,25-28,36H,2-3,6,9-10,14,17-22H2,1,4-5H3/t23?,25-,26+,27+,28?,32-,33?/m1/s1. The number of hydrogen-bond donors (Lipinski definition) is 1. The predicted octanol–water partition coefficient (Wildman–Crippen LogP) is 3.92. The molecule has 1 aromatic rings. The number of nitrogens with zero attached hydrogens (tertiary/aromatic N) is 2. The van der Waals surface area contributed by atoms with Gasteiger partial charge in [0.05, 0.1) is 30.8 Å². The van der Waals surface area contributed by atoms with E-state index in [-0.39, 0.29) is 30.9 Å². The normalized spacial score (nSPS) is 30.6. The average Bonchev–Trinajstić information content (AvgIpc) is 3.48. The molecule has 3 aliphatic rings. The average molecular weight is 567 g/mol. The zero-order valence-corrected chi connectivity index (χ0v) is 24.8. The molecule has 3 heterocycles. The number of unbranched alkanes of at least 4 members (excludes halogenated alkanes) is 2. The van der Waals surface area contributed by atoms with E-state index >= 15 is 0 Å². The van der Waals surface area contributed by atoms with Crippen LogP contribution in [0.1, 0.15) is 58.4 Å². The Hall–Kier alpha value is -2.97. The molecule has 41 heavy (non-hydrogen) atoms. The molecule has 1 N–H and O–H groups in total. The Labute approximate surface area is 244 Å². The zero-order valence-electron chi connectivity index (χ0n) is 24.8. The highest BCUT2D eigenvalue weighted by molar-refractivity contribution is 5.98. The Bertz CT molecular complexity index is 1120. The number of carbonyl (C=O) groups excluding carboxylic acids is 3. The highest BCUT2D eigenvalue weighted by Gasteiger charge is 2.80. The van der Waals surface area contributed by atoms with Crippen LogP contribution in [-0.2, 0) is 30.3 Å².